The number of anilines is 1. The van der Waals surface area contributed by atoms with E-state index in [2.05, 4.69) is 46.5 Å². The lowest BCUT2D eigenvalue weighted by molar-refractivity contribution is 0.307. The van der Waals surface area contributed by atoms with Crippen molar-refractivity contribution in [3.63, 3.8) is 0 Å². The number of benzene rings is 2. The number of rotatable bonds is 10. The van der Waals surface area contributed by atoms with Crippen molar-refractivity contribution in [1.29, 1.82) is 0 Å². The summed E-state index contributed by atoms with van der Waals surface area (Å²) in [6.07, 6.45) is 3.65. The summed E-state index contributed by atoms with van der Waals surface area (Å²) in [6.45, 7) is 5.96. The SMILES string of the molecule is Cc1cccc(-c2nc(CNc3ccccc3C)[nH]c2-c2ccc3ncc(OCCCCN)cc3c2)n1. The predicted octanol–water partition coefficient (Wildman–Crippen LogP) is 6.03. The minimum absolute atomic E-state index is 0.569. The first-order valence-electron chi connectivity index (χ1n) is 12.7. The number of hydrogen-bond acceptors (Lipinski definition) is 6. The number of fused-ring (bicyclic) bond motifs is 1. The van der Waals surface area contributed by atoms with Gasteiger partial charge in [-0.2, -0.15) is 0 Å². The minimum Gasteiger partial charge on any atom is -0.492 e. The Kier molecular flexibility index (Phi) is 7.42. The Morgan fingerprint density at radius 3 is 2.68 bits per heavy atom. The van der Waals surface area contributed by atoms with Gasteiger partial charge in [-0.1, -0.05) is 30.3 Å². The topological polar surface area (TPSA) is 102 Å². The highest BCUT2D eigenvalue weighted by molar-refractivity contribution is 5.87. The summed E-state index contributed by atoms with van der Waals surface area (Å²) in [5.41, 5.74) is 13.3. The largest absolute Gasteiger partial charge is 0.492 e. The van der Waals surface area contributed by atoms with Crippen LogP contribution in [0.5, 0.6) is 5.75 Å². The maximum absolute atomic E-state index is 5.90. The molecule has 0 aliphatic carbocycles. The van der Waals surface area contributed by atoms with Crippen molar-refractivity contribution in [2.75, 3.05) is 18.5 Å². The number of aryl methyl sites for hydroxylation is 2. The first-order valence-corrected chi connectivity index (χ1v) is 12.7. The summed E-state index contributed by atoms with van der Waals surface area (Å²) in [7, 11) is 0. The molecule has 5 aromatic rings. The Morgan fingerprint density at radius 1 is 0.946 bits per heavy atom. The smallest absolute Gasteiger partial charge is 0.138 e. The molecule has 0 aliphatic heterocycles. The molecule has 188 valence electrons. The van der Waals surface area contributed by atoms with E-state index in [1.54, 1.807) is 6.20 Å². The van der Waals surface area contributed by atoms with E-state index >= 15 is 0 Å². The maximum atomic E-state index is 5.90. The normalized spacial score (nSPS) is 11.1. The van der Waals surface area contributed by atoms with Crippen molar-refractivity contribution < 1.29 is 4.74 Å². The highest BCUT2D eigenvalue weighted by Crippen LogP contribution is 2.32. The number of aromatic nitrogens is 4. The fourth-order valence-corrected chi connectivity index (χ4v) is 4.31. The van der Waals surface area contributed by atoms with Gasteiger partial charge in [-0.05, 0) is 75.2 Å². The summed E-state index contributed by atoms with van der Waals surface area (Å²) in [5, 5.41) is 4.51. The van der Waals surface area contributed by atoms with E-state index in [1.165, 1.54) is 5.56 Å². The monoisotopic (exact) mass is 492 g/mol. The number of unbranched alkanes of at least 4 members (excludes halogenated alkanes) is 1. The van der Waals surface area contributed by atoms with Crippen LogP contribution in [0.3, 0.4) is 0 Å². The lowest BCUT2D eigenvalue weighted by atomic mass is 10.1. The molecular formula is C30H32N6O. The first kappa shape index (κ1) is 24.5. The maximum Gasteiger partial charge on any atom is 0.138 e. The Labute approximate surface area is 217 Å². The molecule has 37 heavy (non-hydrogen) atoms. The van der Waals surface area contributed by atoms with Gasteiger partial charge in [0.1, 0.15) is 17.3 Å². The van der Waals surface area contributed by atoms with Gasteiger partial charge in [-0.15, -0.1) is 0 Å². The molecule has 0 spiro atoms. The summed E-state index contributed by atoms with van der Waals surface area (Å²) in [4.78, 5) is 17.9. The third kappa shape index (κ3) is 5.78. The zero-order valence-corrected chi connectivity index (χ0v) is 21.3. The molecular weight excluding hydrogens is 460 g/mol. The van der Waals surface area contributed by atoms with Crippen molar-refractivity contribution in [2.45, 2.75) is 33.2 Å². The summed E-state index contributed by atoms with van der Waals surface area (Å²) < 4.78 is 5.90. The fourth-order valence-electron chi connectivity index (χ4n) is 4.31. The van der Waals surface area contributed by atoms with Gasteiger partial charge in [0.05, 0.1) is 36.3 Å². The number of nitrogens with two attached hydrogens (primary N) is 1. The van der Waals surface area contributed by atoms with Gasteiger partial charge in [-0.3, -0.25) is 9.97 Å². The highest BCUT2D eigenvalue weighted by Gasteiger charge is 2.16. The second kappa shape index (κ2) is 11.2. The van der Waals surface area contributed by atoms with E-state index in [9.17, 15) is 0 Å². The molecule has 0 unspecified atom stereocenters. The van der Waals surface area contributed by atoms with Crippen LogP contribution in [0.4, 0.5) is 5.69 Å². The van der Waals surface area contributed by atoms with Gasteiger partial charge in [0.15, 0.2) is 0 Å². The Balaban J connectivity index is 1.49. The number of ether oxygens (including phenoxy) is 1. The van der Waals surface area contributed by atoms with E-state index in [4.69, 9.17) is 20.4 Å². The van der Waals surface area contributed by atoms with Gasteiger partial charge in [-0.25, -0.2) is 4.98 Å². The fraction of sp³-hybridized carbons (Fsp3) is 0.233. The van der Waals surface area contributed by atoms with Gasteiger partial charge in [0.25, 0.3) is 0 Å². The zero-order valence-electron chi connectivity index (χ0n) is 21.3. The van der Waals surface area contributed by atoms with Gasteiger partial charge in [0, 0.05) is 22.3 Å². The van der Waals surface area contributed by atoms with Crippen LogP contribution in [-0.2, 0) is 6.54 Å². The molecule has 0 bridgehead atoms. The van der Waals surface area contributed by atoms with Crippen molar-refractivity contribution in [2.24, 2.45) is 5.73 Å². The van der Waals surface area contributed by atoms with Crippen molar-refractivity contribution >= 4 is 16.6 Å². The average molecular weight is 493 g/mol. The van der Waals surface area contributed by atoms with E-state index in [1.807, 2.05) is 49.4 Å². The molecule has 3 heterocycles. The molecule has 0 radical (unpaired) electrons. The van der Waals surface area contributed by atoms with E-state index in [-0.39, 0.29) is 0 Å². The predicted molar refractivity (Wildman–Crippen MR) is 150 cm³/mol. The molecule has 3 aromatic heterocycles. The number of H-pyrrole nitrogens is 1. The average Bonchev–Trinajstić information content (AvgIpc) is 3.35. The molecule has 0 fully saturated rings. The molecule has 4 N–H and O–H groups in total. The van der Waals surface area contributed by atoms with Crippen LogP contribution in [0.2, 0.25) is 0 Å². The molecule has 7 nitrogen and oxygen atoms in total. The summed E-state index contributed by atoms with van der Waals surface area (Å²) >= 11 is 0. The number of imidazole rings is 1. The van der Waals surface area contributed by atoms with E-state index < -0.39 is 0 Å². The summed E-state index contributed by atoms with van der Waals surface area (Å²) in [6, 6.07) is 22.5. The van der Waals surface area contributed by atoms with Gasteiger partial charge in [0.2, 0.25) is 0 Å². The minimum atomic E-state index is 0.569. The first-order chi connectivity index (χ1) is 18.1. The van der Waals surface area contributed by atoms with Crippen LogP contribution >= 0.6 is 0 Å². The van der Waals surface area contributed by atoms with Crippen LogP contribution in [-0.4, -0.2) is 33.1 Å². The second-order valence-corrected chi connectivity index (χ2v) is 9.16. The second-order valence-electron chi connectivity index (χ2n) is 9.16. The molecule has 0 saturated heterocycles. The molecule has 0 aliphatic rings. The lowest BCUT2D eigenvalue weighted by Crippen LogP contribution is -2.03. The van der Waals surface area contributed by atoms with Crippen molar-refractivity contribution in [3.05, 3.63) is 90.0 Å². The number of nitrogens with one attached hydrogen (secondary N) is 2. The Morgan fingerprint density at radius 2 is 1.84 bits per heavy atom. The van der Waals surface area contributed by atoms with Crippen molar-refractivity contribution in [3.8, 4) is 28.4 Å². The van der Waals surface area contributed by atoms with E-state index in [0.29, 0.717) is 19.7 Å². The molecule has 5 rings (SSSR count). The highest BCUT2D eigenvalue weighted by atomic mass is 16.5. The van der Waals surface area contributed by atoms with E-state index in [0.717, 1.165) is 69.3 Å². The lowest BCUT2D eigenvalue weighted by Gasteiger charge is -2.08. The van der Waals surface area contributed by atoms with Gasteiger partial charge < -0.3 is 20.8 Å². The number of nitrogens with zero attached hydrogens (tertiary/aromatic N) is 3. The van der Waals surface area contributed by atoms with Crippen LogP contribution in [0.15, 0.2) is 72.9 Å². The standard InChI is InChI=1S/C30H32N6O/c1-20-8-3-4-10-25(20)33-19-28-35-29(30(36-28)27-11-7-9-21(2)34-27)22-12-13-26-23(16-22)17-24(18-32-26)37-15-6-5-14-31/h3-4,7-13,16-18,33H,5-6,14-15,19,31H2,1-2H3,(H,35,36). The van der Waals surface area contributed by atoms with Gasteiger partial charge >= 0.3 is 0 Å². The third-order valence-electron chi connectivity index (χ3n) is 6.29. The molecule has 0 atom stereocenters. The van der Waals surface area contributed by atoms with Crippen LogP contribution in [0.25, 0.3) is 33.5 Å². The number of pyridine rings is 2. The Hall–Kier alpha value is -4.23. The summed E-state index contributed by atoms with van der Waals surface area (Å²) in [5.74, 6) is 1.60. The molecule has 2 aromatic carbocycles. The number of aromatic amines is 1. The molecule has 0 saturated carbocycles. The van der Waals surface area contributed by atoms with Crippen molar-refractivity contribution in [1.82, 2.24) is 19.9 Å². The third-order valence-corrected chi connectivity index (χ3v) is 6.29. The van der Waals surface area contributed by atoms with Crippen LogP contribution in [0, 0.1) is 13.8 Å². The quantitative estimate of drug-likeness (QED) is 0.206. The van der Waals surface area contributed by atoms with Crippen LogP contribution in [0.1, 0.15) is 29.9 Å². The Bertz CT molecular complexity index is 1510. The number of para-hydroxylation sites is 1. The van der Waals surface area contributed by atoms with Crippen LogP contribution < -0.4 is 15.8 Å². The zero-order chi connectivity index (χ0) is 25.6. The molecule has 7 heteroatoms. The molecule has 0 amide bonds. The number of hydrogen-bond donors (Lipinski definition) is 3.